The Labute approximate surface area is 166 Å². The van der Waals surface area contributed by atoms with Crippen LogP contribution in [0.25, 0.3) is 11.2 Å². The zero-order valence-electron chi connectivity index (χ0n) is 15.8. The number of phenols is 1. The molecule has 0 saturated heterocycles. The Morgan fingerprint density at radius 1 is 1.28 bits per heavy atom. The third-order valence-corrected chi connectivity index (χ3v) is 5.07. The van der Waals surface area contributed by atoms with Crippen molar-refractivity contribution < 1.29 is 15.0 Å². The number of nitrogens with two attached hydrogens (primary N) is 1. The van der Waals surface area contributed by atoms with Crippen LogP contribution in [0.4, 0.5) is 17.5 Å². The molecule has 0 bridgehead atoms. The van der Waals surface area contributed by atoms with Crippen molar-refractivity contribution in [3.05, 3.63) is 23.8 Å². The van der Waals surface area contributed by atoms with E-state index in [0.29, 0.717) is 28.6 Å². The first-order valence-corrected chi connectivity index (χ1v) is 9.35. The van der Waals surface area contributed by atoms with E-state index in [2.05, 4.69) is 30.9 Å². The molecule has 3 aromatic rings. The van der Waals surface area contributed by atoms with Crippen LogP contribution < -0.4 is 16.4 Å². The molecule has 2 unspecified atom stereocenters. The average Bonchev–Trinajstić information content (AvgIpc) is 3.06. The molecule has 2 atom stereocenters. The van der Waals surface area contributed by atoms with E-state index in [1.54, 1.807) is 13.1 Å². The Kier molecular flexibility index (Phi) is 4.89. The zero-order chi connectivity index (χ0) is 20.5. The highest BCUT2D eigenvalue weighted by atomic mass is 16.4. The number of aryl methyl sites for hydroxylation is 1. The van der Waals surface area contributed by atoms with Crippen LogP contribution in [-0.4, -0.2) is 53.2 Å². The molecule has 4 rings (SSSR count). The first-order chi connectivity index (χ1) is 13.9. The van der Waals surface area contributed by atoms with Crippen molar-refractivity contribution in [3.63, 3.8) is 0 Å². The number of anilines is 3. The lowest BCUT2D eigenvalue weighted by molar-refractivity contribution is 0.0694. The summed E-state index contributed by atoms with van der Waals surface area (Å²) in [4.78, 5) is 20.3. The number of hydrogen-bond donors (Lipinski definition) is 5. The quantitative estimate of drug-likeness (QED) is 0.398. The van der Waals surface area contributed by atoms with Gasteiger partial charge in [-0.1, -0.05) is 18.1 Å². The molecule has 29 heavy (non-hydrogen) atoms. The zero-order valence-corrected chi connectivity index (χ0v) is 15.8. The maximum Gasteiger partial charge on any atom is 0.339 e. The monoisotopic (exact) mass is 398 g/mol. The molecule has 0 spiro atoms. The second-order valence-electron chi connectivity index (χ2n) is 7.14. The van der Waals surface area contributed by atoms with E-state index < -0.39 is 5.97 Å². The molecule has 2 heterocycles. The summed E-state index contributed by atoms with van der Waals surface area (Å²) in [5.41, 5.74) is 7.41. The summed E-state index contributed by atoms with van der Waals surface area (Å²) in [6.07, 6.45) is 4.10. The normalized spacial score (nSPS) is 19.2. The van der Waals surface area contributed by atoms with E-state index in [1.807, 2.05) is 0 Å². The summed E-state index contributed by atoms with van der Waals surface area (Å²) in [6, 6.07) is 4.28. The van der Waals surface area contributed by atoms with Crippen LogP contribution >= 0.6 is 0 Å². The summed E-state index contributed by atoms with van der Waals surface area (Å²) in [5, 5.41) is 33.4. The first kappa shape index (κ1) is 18.9. The van der Waals surface area contributed by atoms with Crippen molar-refractivity contribution in [1.82, 2.24) is 25.0 Å². The van der Waals surface area contributed by atoms with Crippen LogP contribution in [0.5, 0.6) is 5.75 Å². The fraction of sp³-hybridized carbons (Fsp3) is 0.389. The first-order valence-electron chi connectivity index (χ1n) is 9.35. The van der Waals surface area contributed by atoms with Gasteiger partial charge >= 0.3 is 5.97 Å². The van der Waals surface area contributed by atoms with Gasteiger partial charge in [0.25, 0.3) is 0 Å². The maximum atomic E-state index is 11.3. The minimum absolute atomic E-state index is 0.0272. The SMILES string of the molecule is Cn1nnc2c(Nc3ccc(O)c(C(=O)O)c3)nc(NC3CCCCC3N)nc21. The van der Waals surface area contributed by atoms with E-state index in [0.717, 1.165) is 25.7 Å². The van der Waals surface area contributed by atoms with Gasteiger partial charge in [0.15, 0.2) is 17.0 Å². The number of aromatic carboxylic acids is 1. The molecule has 1 saturated carbocycles. The van der Waals surface area contributed by atoms with E-state index in [-0.39, 0.29) is 23.4 Å². The van der Waals surface area contributed by atoms with E-state index >= 15 is 0 Å². The number of rotatable bonds is 5. The summed E-state index contributed by atoms with van der Waals surface area (Å²) < 4.78 is 1.54. The van der Waals surface area contributed by atoms with Crippen molar-refractivity contribution in [2.45, 2.75) is 37.8 Å². The van der Waals surface area contributed by atoms with Crippen LogP contribution in [0.15, 0.2) is 18.2 Å². The molecule has 1 fully saturated rings. The minimum atomic E-state index is -1.23. The number of nitrogens with one attached hydrogen (secondary N) is 2. The standard InChI is InChI=1S/C18H22N8O3/c1-26-16-14(24-25-26)15(20-9-6-7-13(27)10(8-9)17(28)29)22-18(23-16)21-12-5-3-2-4-11(12)19/h6-8,11-12,27H,2-5,19H2,1H3,(H,28,29)(H2,20,21,22,23). The van der Waals surface area contributed by atoms with Crippen LogP contribution in [0, 0.1) is 0 Å². The molecular weight excluding hydrogens is 376 g/mol. The minimum Gasteiger partial charge on any atom is -0.507 e. The molecule has 0 aliphatic heterocycles. The fourth-order valence-corrected chi connectivity index (χ4v) is 3.49. The molecular formula is C18H22N8O3. The lowest BCUT2D eigenvalue weighted by atomic mass is 9.91. The van der Waals surface area contributed by atoms with Gasteiger partial charge in [-0.25, -0.2) is 9.48 Å². The Morgan fingerprint density at radius 3 is 2.83 bits per heavy atom. The molecule has 1 aromatic carbocycles. The molecule has 11 heteroatoms. The average molecular weight is 398 g/mol. The summed E-state index contributed by atoms with van der Waals surface area (Å²) >= 11 is 0. The molecule has 1 aliphatic carbocycles. The van der Waals surface area contributed by atoms with Crippen molar-refractivity contribution >= 4 is 34.6 Å². The van der Waals surface area contributed by atoms with Gasteiger partial charge in [-0.15, -0.1) is 5.10 Å². The van der Waals surface area contributed by atoms with Crippen molar-refractivity contribution in [1.29, 1.82) is 0 Å². The highest BCUT2D eigenvalue weighted by Crippen LogP contribution is 2.28. The number of fused-ring (bicyclic) bond motifs is 1. The van der Waals surface area contributed by atoms with Gasteiger partial charge < -0.3 is 26.6 Å². The molecule has 1 aliphatic rings. The van der Waals surface area contributed by atoms with Gasteiger partial charge in [0.05, 0.1) is 0 Å². The van der Waals surface area contributed by atoms with Gasteiger partial charge in [0.1, 0.15) is 11.3 Å². The van der Waals surface area contributed by atoms with Gasteiger partial charge in [-0.2, -0.15) is 9.97 Å². The Morgan fingerprint density at radius 2 is 2.07 bits per heavy atom. The Hall–Kier alpha value is -3.47. The second-order valence-corrected chi connectivity index (χ2v) is 7.14. The number of benzene rings is 1. The number of carboxylic acids is 1. The molecule has 152 valence electrons. The molecule has 2 aromatic heterocycles. The number of carboxylic acid groups (broad SMARTS) is 1. The molecule has 0 radical (unpaired) electrons. The van der Waals surface area contributed by atoms with Crippen molar-refractivity contribution in [2.75, 3.05) is 10.6 Å². The van der Waals surface area contributed by atoms with Gasteiger partial charge in [0, 0.05) is 24.8 Å². The van der Waals surface area contributed by atoms with Gasteiger partial charge in [-0.3, -0.25) is 0 Å². The molecule has 11 nitrogen and oxygen atoms in total. The van der Waals surface area contributed by atoms with Crippen LogP contribution in [0.1, 0.15) is 36.0 Å². The summed E-state index contributed by atoms with van der Waals surface area (Å²) in [7, 11) is 1.73. The van der Waals surface area contributed by atoms with E-state index in [9.17, 15) is 15.0 Å². The predicted octanol–water partition coefficient (Wildman–Crippen LogP) is 1.59. The Bertz CT molecular complexity index is 1070. The summed E-state index contributed by atoms with van der Waals surface area (Å²) in [5.74, 6) is -0.779. The molecule has 0 amide bonds. The maximum absolute atomic E-state index is 11.3. The van der Waals surface area contributed by atoms with Gasteiger partial charge in [-0.05, 0) is 31.0 Å². The van der Waals surface area contributed by atoms with Crippen molar-refractivity contribution in [2.24, 2.45) is 12.8 Å². The lowest BCUT2D eigenvalue weighted by Gasteiger charge is -2.29. The third kappa shape index (κ3) is 3.76. The van der Waals surface area contributed by atoms with Crippen molar-refractivity contribution in [3.8, 4) is 5.75 Å². The smallest absolute Gasteiger partial charge is 0.339 e. The molecule has 6 N–H and O–H groups in total. The van der Waals surface area contributed by atoms with Crippen LogP contribution in [0.3, 0.4) is 0 Å². The van der Waals surface area contributed by atoms with Crippen LogP contribution in [0.2, 0.25) is 0 Å². The second kappa shape index (κ2) is 7.51. The number of carbonyl (C=O) groups is 1. The highest BCUT2D eigenvalue weighted by molar-refractivity contribution is 5.93. The van der Waals surface area contributed by atoms with Gasteiger partial charge in [0.2, 0.25) is 5.95 Å². The summed E-state index contributed by atoms with van der Waals surface area (Å²) in [6.45, 7) is 0. The largest absolute Gasteiger partial charge is 0.507 e. The van der Waals surface area contributed by atoms with Crippen LogP contribution in [-0.2, 0) is 7.05 Å². The lowest BCUT2D eigenvalue weighted by Crippen LogP contribution is -2.43. The van der Waals surface area contributed by atoms with E-state index in [1.165, 1.54) is 16.8 Å². The number of aromatic hydroxyl groups is 1. The fourth-order valence-electron chi connectivity index (χ4n) is 3.49. The Balaban J connectivity index is 1.70. The highest BCUT2D eigenvalue weighted by Gasteiger charge is 2.23. The number of aromatic nitrogens is 5. The predicted molar refractivity (Wildman–Crippen MR) is 106 cm³/mol. The third-order valence-electron chi connectivity index (χ3n) is 5.07. The topological polar surface area (TPSA) is 164 Å². The number of nitrogens with zero attached hydrogens (tertiary/aromatic N) is 5. The number of hydrogen-bond acceptors (Lipinski definition) is 9. The van der Waals surface area contributed by atoms with E-state index in [4.69, 9.17) is 5.73 Å².